The van der Waals surface area contributed by atoms with Gasteiger partial charge in [0.1, 0.15) is 11.7 Å². The van der Waals surface area contributed by atoms with Gasteiger partial charge in [0.15, 0.2) is 5.78 Å². The minimum atomic E-state index is -0.449. The van der Waals surface area contributed by atoms with Crippen LogP contribution < -0.4 is 5.32 Å². The smallest absolute Gasteiger partial charge is 0.271 e. The largest absolute Gasteiger partial charge is 0.354 e. The summed E-state index contributed by atoms with van der Waals surface area (Å²) < 4.78 is 0. The summed E-state index contributed by atoms with van der Waals surface area (Å²) in [7, 11) is 0. The van der Waals surface area contributed by atoms with E-state index < -0.39 is 6.04 Å². The quantitative estimate of drug-likeness (QED) is 0.821. The second-order valence-corrected chi connectivity index (χ2v) is 5.39. The van der Waals surface area contributed by atoms with Crippen molar-refractivity contribution in [2.24, 2.45) is 0 Å². The lowest BCUT2D eigenvalue weighted by molar-refractivity contribution is -0.127. The fraction of sp³-hybridized carbons (Fsp3) is 0.533. The van der Waals surface area contributed by atoms with Crippen molar-refractivity contribution < 1.29 is 14.4 Å². The predicted molar refractivity (Wildman–Crippen MR) is 78.4 cm³/mol. The third-order valence-electron chi connectivity index (χ3n) is 3.98. The molecule has 0 spiro atoms. The highest BCUT2D eigenvalue weighted by molar-refractivity contribution is 6.03. The van der Waals surface area contributed by atoms with Gasteiger partial charge in [0.25, 0.3) is 5.91 Å². The zero-order valence-corrected chi connectivity index (χ0v) is 12.9. The Morgan fingerprint density at radius 1 is 1.33 bits per heavy atom. The molecular weight excluding hydrogens is 270 g/mol. The molecule has 114 valence electrons. The van der Waals surface area contributed by atoms with Crippen LogP contribution in [0.5, 0.6) is 0 Å². The summed E-state index contributed by atoms with van der Waals surface area (Å²) in [6, 6.07) is -0.449. The first-order valence-corrected chi connectivity index (χ1v) is 7.17. The number of rotatable bonds is 3. The second kappa shape index (κ2) is 5.71. The number of carbonyl (C=O) groups is 3. The van der Waals surface area contributed by atoms with Gasteiger partial charge < -0.3 is 15.2 Å². The van der Waals surface area contributed by atoms with Gasteiger partial charge >= 0.3 is 0 Å². The molecule has 1 unspecified atom stereocenters. The van der Waals surface area contributed by atoms with E-state index in [1.807, 2.05) is 6.92 Å². The molecule has 2 amide bonds. The number of Topliss-reactive ketones (excluding diaryl/α,β-unsaturated/α-hetero) is 1. The summed E-state index contributed by atoms with van der Waals surface area (Å²) in [5, 5.41) is 2.77. The lowest BCUT2D eigenvalue weighted by atomic mass is 10.0. The fourth-order valence-electron chi connectivity index (χ4n) is 3.00. The van der Waals surface area contributed by atoms with Crippen molar-refractivity contribution in [3.05, 3.63) is 22.5 Å². The van der Waals surface area contributed by atoms with Crippen LogP contribution in [0.25, 0.3) is 0 Å². The van der Waals surface area contributed by atoms with E-state index >= 15 is 0 Å². The van der Waals surface area contributed by atoms with Crippen molar-refractivity contribution in [2.45, 2.75) is 40.2 Å². The van der Waals surface area contributed by atoms with Gasteiger partial charge in [0.2, 0.25) is 5.91 Å². The van der Waals surface area contributed by atoms with Crippen LogP contribution in [0.1, 0.15) is 52.4 Å². The van der Waals surface area contributed by atoms with E-state index in [4.69, 9.17) is 0 Å². The molecule has 6 nitrogen and oxygen atoms in total. The van der Waals surface area contributed by atoms with Gasteiger partial charge in [-0.05, 0) is 32.8 Å². The molecule has 0 saturated carbocycles. The van der Waals surface area contributed by atoms with Crippen LogP contribution in [0.4, 0.5) is 0 Å². The minimum Gasteiger partial charge on any atom is -0.354 e. The van der Waals surface area contributed by atoms with Crippen LogP contribution in [0.15, 0.2) is 0 Å². The number of amides is 2. The van der Waals surface area contributed by atoms with Gasteiger partial charge in [-0.1, -0.05) is 6.92 Å². The van der Waals surface area contributed by atoms with E-state index in [1.165, 1.54) is 6.92 Å². The van der Waals surface area contributed by atoms with Gasteiger partial charge in [-0.25, -0.2) is 0 Å². The number of hydrogen-bond acceptors (Lipinski definition) is 3. The summed E-state index contributed by atoms with van der Waals surface area (Å²) in [6.07, 6.45) is 0.565. The SMILES string of the molecule is CCC1C(=O)NCCN1C(=O)c1[nH]c(C)c(C(C)=O)c1C. The van der Waals surface area contributed by atoms with E-state index in [1.54, 1.807) is 18.7 Å². The first kappa shape index (κ1) is 15.3. The maximum Gasteiger partial charge on any atom is 0.271 e. The number of carbonyl (C=O) groups excluding carboxylic acids is 3. The predicted octanol–water partition coefficient (Wildman–Crippen LogP) is 1.18. The highest BCUT2D eigenvalue weighted by Gasteiger charge is 2.34. The molecule has 2 N–H and O–H groups in total. The summed E-state index contributed by atoms with van der Waals surface area (Å²) in [5.74, 6) is -0.404. The highest BCUT2D eigenvalue weighted by atomic mass is 16.2. The summed E-state index contributed by atoms with van der Waals surface area (Å²) in [6.45, 7) is 7.85. The topological polar surface area (TPSA) is 82.3 Å². The van der Waals surface area contributed by atoms with Gasteiger partial charge in [-0.3, -0.25) is 14.4 Å². The van der Waals surface area contributed by atoms with Crippen LogP contribution in [0.2, 0.25) is 0 Å². The molecule has 1 saturated heterocycles. The molecule has 1 aliphatic rings. The summed E-state index contributed by atoms with van der Waals surface area (Å²) in [4.78, 5) is 40.8. The number of nitrogens with zero attached hydrogens (tertiary/aromatic N) is 1. The molecule has 1 aliphatic heterocycles. The van der Waals surface area contributed by atoms with Gasteiger partial charge in [0, 0.05) is 24.3 Å². The number of ketones is 1. The summed E-state index contributed by atoms with van der Waals surface area (Å²) in [5.41, 5.74) is 2.32. The normalized spacial score (nSPS) is 18.6. The van der Waals surface area contributed by atoms with Crippen LogP contribution in [0, 0.1) is 13.8 Å². The molecule has 1 atom stereocenters. The molecule has 0 radical (unpaired) electrons. The Hall–Kier alpha value is -2.11. The zero-order valence-electron chi connectivity index (χ0n) is 12.9. The standard InChI is InChI=1S/C15H21N3O3/c1-5-11-14(20)16-6-7-18(11)15(21)13-8(2)12(10(4)19)9(3)17-13/h11,17H,5-7H2,1-4H3,(H,16,20). The molecule has 2 heterocycles. The van der Waals surface area contributed by atoms with E-state index in [2.05, 4.69) is 10.3 Å². The van der Waals surface area contributed by atoms with Crippen LogP contribution >= 0.6 is 0 Å². The monoisotopic (exact) mass is 291 g/mol. The molecule has 21 heavy (non-hydrogen) atoms. The molecule has 2 rings (SSSR count). The average Bonchev–Trinajstić information content (AvgIpc) is 2.72. The van der Waals surface area contributed by atoms with Crippen molar-refractivity contribution in [2.75, 3.05) is 13.1 Å². The highest BCUT2D eigenvalue weighted by Crippen LogP contribution is 2.21. The molecule has 6 heteroatoms. The Bertz CT molecular complexity index is 604. The molecule has 1 aromatic heterocycles. The Balaban J connectivity index is 2.38. The fourth-order valence-corrected chi connectivity index (χ4v) is 3.00. The lowest BCUT2D eigenvalue weighted by Gasteiger charge is -2.34. The molecule has 0 aromatic carbocycles. The van der Waals surface area contributed by atoms with Crippen molar-refractivity contribution in [1.82, 2.24) is 15.2 Å². The summed E-state index contributed by atoms with van der Waals surface area (Å²) >= 11 is 0. The Kier molecular flexibility index (Phi) is 4.16. The number of aromatic nitrogens is 1. The maximum absolute atomic E-state index is 12.7. The van der Waals surface area contributed by atoms with E-state index in [-0.39, 0.29) is 17.6 Å². The van der Waals surface area contributed by atoms with Gasteiger partial charge in [-0.15, -0.1) is 0 Å². The Morgan fingerprint density at radius 2 is 2.00 bits per heavy atom. The number of H-pyrrole nitrogens is 1. The molecule has 0 bridgehead atoms. The van der Waals surface area contributed by atoms with E-state index in [9.17, 15) is 14.4 Å². The number of aryl methyl sites for hydroxylation is 1. The first-order valence-electron chi connectivity index (χ1n) is 7.17. The lowest BCUT2D eigenvalue weighted by Crippen LogP contribution is -2.57. The van der Waals surface area contributed by atoms with Crippen LogP contribution in [-0.4, -0.2) is 46.6 Å². The van der Waals surface area contributed by atoms with Crippen LogP contribution in [0.3, 0.4) is 0 Å². The number of aromatic amines is 1. The Morgan fingerprint density at radius 3 is 2.52 bits per heavy atom. The molecular formula is C15H21N3O3. The molecule has 1 aromatic rings. The van der Waals surface area contributed by atoms with Gasteiger partial charge in [0.05, 0.1) is 0 Å². The third-order valence-corrected chi connectivity index (χ3v) is 3.98. The van der Waals surface area contributed by atoms with E-state index in [0.29, 0.717) is 42.0 Å². The maximum atomic E-state index is 12.7. The van der Waals surface area contributed by atoms with Crippen LogP contribution in [-0.2, 0) is 4.79 Å². The van der Waals surface area contributed by atoms with Crippen molar-refractivity contribution in [3.63, 3.8) is 0 Å². The average molecular weight is 291 g/mol. The zero-order chi connectivity index (χ0) is 15.7. The number of nitrogens with one attached hydrogen (secondary N) is 2. The molecule has 0 aliphatic carbocycles. The van der Waals surface area contributed by atoms with E-state index in [0.717, 1.165) is 0 Å². The second-order valence-electron chi connectivity index (χ2n) is 5.39. The van der Waals surface area contributed by atoms with Crippen molar-refractivity contribution >= 4 is 17.6 Å². The third kappa shape index (κ3) is 2.57. The van der Waals surface area contributed by atoms with Gasteiger partial charge in [-0.2, -0.15) is 0 Å². The Labute approximate surface area is 123 Å². The van der Waals surface area contributed by atoms with Crippen molar-refractivity contribution in [1.29, 1.82) is 0 Å². The number of piperazine rings is 1. The minimum absolute atomic E-state index is 0.0660. The number of hydrogen-bond donors (Lipinski definition) is 2. The first-order chi connectivity index (χ1) is 9.88. The van der Waals surface area contributed by atoms with Crippen molar-refractivity contribution in [3.8, 4) is 0 Å². The molecule has 1 fully saturated rings.